The maximum Gasteiger partial charge on any atom is 0.0542 e. The summed E-state index contributed by atoms with van der Waals surface area (Å²) in [6, 6.07) is 4.43. The molecule has 0 saturated heterocycles. The average Bonchev–Trinajstić information content (AvgIpc) is 2.58. The van der Waals surface area contributed by atoms with Crippen molar-refractivity contribution < 1.29 is 0 Å². The smallest absolute Gasteiger partial charge is 0.0542 e. The molecule has 0 fully saturated rings. The minimum absolute atomic E-state index is 0.841. The molecule has 2 aromatic carbocycles. The summed E-state index contributed by atoms with van der Waals surface area (Å²) in [7, 11) is 0. The fourth-order valence-corrected chi connectivity index (χ4v) is 5.29. The lowest BCUT2D eigenvalue weighted by molar-refractivity contribution is 0.681. The van der Waals surface area contributed by atoms with Gasteiger partial charge in [0.1, 0.15) is 0 Å². The van der Waals surface area contributed by atoms with Gasteiger partial charge in [-0.05, 0) is 118 Å². The molecular formula is C20H22Br2N2. The van der Waals surface area contributed by atoms with Crippen molar-refractivity contribution in [2.45, 2.75) is 51.4 Å². The lowest BCUT2D eigenvalue weighted by Gasteiger charge is -2.27. The number of rotatable bonds is 1. The van der Waals surface area contributed by atoms with E-state index in [0.29, 0.717) is 0 Å². The van der Waals surface area contributed by atoms with Crippen molar-refractivity contribution in [2.75, 3.05) is 11.5 Å². The fraction of sp³-hybridized carbons (Fsp3) is 0.400. The van der Waals surface area contributed by atoms with E-state index in [1.165, 1.54) is 59.1 Å². The monoisotopic (exact) mass is 448 g/mol. The number of hydrogen-bond donors (Lipinski definition) is 2. The average molecular weight is 450 g/mol. The quantitative estimate of drug-likeness (QED) is 0.540. The third-order valence-electron chi connectivity index (χ3n) is 5.53. The summed E-state index contributed by atoms with van der Waals surface area (Å²) in [4.78, 5) is 0. The highest BCUT2D eigenvalue weighted by Gasteiger charge is 2.26. The van der Waals surface area contributed by atoms with Crippen molar-refractivity contribution in [2.24, 2.45) is 0 Å². The molecule has 4 N–H and O–H groups in total. The van der Waals surface area contributed by atoms with Gasteiger partial charge in [-0.15, -0.1) is 0 Å². The van der Waals surface area contributed by atoms with E-state index in [1.807, 2.05) is 0 Å². The highest BCUT2D eigenvalue weighted by Crippen LogP contribution is 2.47. The van der Waals surface area contributed by atoms with E-state index in [0.717, 1.165) is 46.0 Å². The van der Waals surface area contributed by atoms with E-state index in [9.17, 15) is 0 Å². The summed E-state index contributed by atoms with van der Waals surface area (Å²) in [5.41, 5.74) is 22.9. The van der Waals surface area contributed by atoms with Crippen LogP contribution in [0.1, 0.15) is 47.9 Å². The molecule has 126 valence electrons. The molecule has 0 heterocycles. The molecule has 0 aromatic heterocycles. The minimum Gasteiger partial charge on any atom is -0.397 e. The van der Waals surface area contributed by atoms with Gasteiger partial charge in [0, 0.05) is 20.1 Å². The van der Waals surface area contributed by atoms with Crippen LogP contribution in [-0.4, -0.2) is 0 Å². The summed E-state index contributed by atoms with van der Waals surface area (Å²) >= 11 is 7.37. The Morgan fingerprint density at radius 3 is 1.42 bits per heavy atom. The minimum atomic E-state index is 0.841. The first-order valence-electron chi connectivity index (χ1n) is 8.77. The Morgan fingerprint density at radius 2 is 1.00 bits per heavy atom. The molecule has 4 heteroatoms. The van der Waals surface area contributed by atoms with Crippen molar-refractivity contribution in [1.82, 2.24) is 0 Å². The van der Waals surface area contributed by atoms with Gasteiger partial charge >= 0.3 is 0 Å². The molecule has 0 atom stereocenters. The van der Waals surface area contributed by atoms with Crippen LogP contribution in [0.25, 0.3) is 11.1 Å². The normalized spacial score (nSPS) is 16.6. The van der Waals surface area contributed by atoms with Crippen molar-refractivity contribution in [3.63, 3.8) is 0 Å². The molecule has 2 aliphatic carbocycles. The highest BCUT2D eigenvalue weighted by atomic mass is 79.9. The van der Waals surface area contributed by atoms with Gasteiger partial charge in [0.25, 0.3) is 0 Å². The van der Waals surface area contributed by atoms with Crippen LogP contribution in [-0.2, 0) is 25.7 Å². The van der Waals surface area contributed by atoms with Crippen LogP contribution in [0.5, 0.6) is 0 Å². The Kier molecular flexibility index (Phi) is 4.38. The van der Waals surface area contributed by atoms with E-state index < -0.39 is 0 Å². The summed E-state index contributed by atoms with van der Waals surface area (Å²) in [6.45, 7) is 0. The SMILES string of the molecule is Nc1c(Br)cc2c(c1-c1c(N)c(Br)cc3c1CCCC3)CCCC2. The molecule has 0 bridgehead atoms. The fourth-order valence-electron chi connectivity index (χ4n) is 4.34. The van der Waals surface area contributed by atoms with E-state index in [4.69, 9.17) is 11.5 Å². The molecule has 0 spiro atoms. The first-order valence-corrected chi connectivity index (χ1v) is 10.4. The molecule has 0 amide bonds. The second-order valence-corrected chi connectivity index (χ2v) is 8.69. The van der Waals surface area contributed by atoms with E-state index in [1.54, 1.807) is 0 Å². The zero-order valence-electron chi connectivity index (χ0n) is 13.7. The number of hydrogen-bond acceptors (Lipinski definition) is 2. The molecule has 0 radical (unpaired) electrons. The lowest BCUT2D eigenvalue weighted by atomic mass is 9.79. The van der Waals surface area contributed by atoms with Gasteiger partial charge < -0.3 is 11.5 Å². The van der Waals surface area contributed by atoms with Crippen molar-refractivity contribution >= 4 is 43.2 Å². The van der Waals surface area contributed by atoms with Crippen molar-refractivity contribution in [3.8, 4) is 11.1 Å². The summed E-state index contributed by atoms with van der Waals surface area (Å²) < 4.78 is 2.00. The Bertz CT molecular complexity index is 758. The predicted octanol–water partition coefficient (Wildman–Crippen LogP) is 5.80. The lowest BCUT2D eigenvalue weighted by Crippen LogP contribution is -2.12. The van der Waals surface area contributed by atoms with Crippen LogP contribution in [0.3, 0.4) is 0 Å². The summed E-state index contributed by atoms with van der Waals surface area (Å²) in [5.74, 6) is 0. The van der Waals surface area contributed by atoms with Gasteiger partial charge in [-0.3, -0.25) is 0 Å². The van der Waals surface area contributed by atoms with Crippen LogP contribution in [0.2, 0.25) is 0 Å². The third-order valence-corrected chi connectivity index (χ3v) is 6.84. The molecular weight excluding hydrogens is 428 g/mol. The maximum absolute atomic E-state index is 6.57. The Labute approximate surface area is 160 Å². The second kappa shape index (κ2) is 6.38. The first-order chi connectivity index (χ1) is 11.6. The zero-order valence-corrected chi connectivity index (χ0v) is 16.9. The molecule has 4 rings (SSSR count). The van der Waals surface area contributed by atoms with E-state index >= 15 is 0 Å². The standard InChI is InChI=1S/C20H22Br2N2/c21-15-9-11-5-1-3-7-13(11)17(19(15)23)18-14-8-4-2-6-12(14)10-16(22)20(18)24/h9-10H,1-8,23-24H2. The van der Waals surface area contributed by atoms with Crippen LogP contribution < -0.4 is 11.5 Å². The Balaban J connectivity index is 2.07. The van der Waals surface area contributed by atoms with Crippen LogP contribution in [0.4, 0.5) is 11.4 Å². The van der Waals surface area contributed by atoms with Gasteiger partial charge in [0.05, 0.1) is 11.4 Å². The summed E-state index contributed by atoms with van der Waals surface area (Å²) in [6.07, 6.45) is 9.46. The molecule has 0 saturated carbocycles. The molecule has 0 unspecified atom stereocenters. The number of aryl methyl sites for hydroxylation is 2. The Morgan fingerprint density at radius 1 is 0.625 bits per heavy atom. The number of fused-ring (bicyclic) bond motifs is 2. The van der Waals surface area contributed by atoms with E-state index in [-0.39, 0.29) is 0 Å². The van der Waals surface area contributed by atoms with Gasteiger partial charge in [-0.2, -0.15) is 0 Å². The number of nitrogens with two attached hydrogens (primary N) is 2. The zero-order chi connectivity index (χ0) is 16.8. The third kappa shape index (κ3) is 2.59. The largest absolute Gasteiger partial charge is 0.397 e. The molecule has 0 aliphatic heterocycles. The summed E-state index contributed by atoms with van der Waals surface area (Å²) in [5, 5.41) is 0. The Hall–Kier alpha value is -1.000. The second-order valence-electron chi connectivity index (χ2n) is 6.98. The van der Waals surface area contributed by atoms with Crippen LogP contribution in [0, 0.1) is 0 Å². The van der Waals surface area contributed by atoms with Crippen molar-refractivity contribution in [1.29, 1.82) is 0 Å². The highest BCUT2D eigenvalue weighted by molar-refractivity contribution is 9.11. The molecule has 2 aliphatic rings. The number of nitrogen functional groups attached to an aromatic ring is 2. The number of anilines is 2. The van der Waals surface area contributed by atoms with Crippen LogP contribution in [0.15, 0.2) is 21.1 Å². The number of halogens is 2. The van der Waals surface area contributed by atoms with Gasteiger partial charge in [-0.1, -0.05) is 0 Å². The van der Waals surface area contributed by atoms with Crippen LogP contribution >= 0.6 is 31.9 Å². The van der Waals surface area contributed by atoms with Gasteiger partial charge in [0.15, 0.2) is 0 Å². The predicted molar refractivity (Wildman–Crippen MR) is 109 cm³/mol. The molecule has 2 aromatic rings. The topological polar surface area (TPSA) is 52.0 Å². The molecule has 2 nitrogen and oxygen atoms in total. The van der Waals surface area contributed by atoms with Crippen molar-refractivity contribution in [3.05, 3.63) is 43.3 Å². The van der Waals surface area contributed by atoms with Gasteiger partial charge in [0.2, 0.25) is 0 Å². The first kappa shape index (κ1) is 16.5. The van der Waals surface area contributed by atoms with E-state index in [2.05, 4.69) is 44.0 Å². The number of benzene rings is 2. The molecule has 24 heavy (non-hydrogen) atoms. The maximum atomic E-state index is 6.57. The van der Waals surface area contributed by atoms with Gasteiger partial charge in [-0.25, -0.2) is 0 Å².